The SMILES string of the molecule is O=C1C(c2ccc([N+](=O)[O-])cc2)=C(N2CCCC2)C(=O)N1c1cc(F)ccc1F. The molecule has 0 aromatic heterocycles. The van der Waals surface area contributed by atoms with Crippen molar-refractivity contribution in [2.45, 2.75) is 12.8 Å². The molecule has 2 aromatic rings. The highest BCUT2D eigenvalue weighted by molar-refractivity contribution is 6.45. The van der Waals surface area contributed by atoms with Crippen LogP contribution in [0.1, 0.15) is 18.4 Å². The van der Waals surface area contributed by atoms with Crippen molar-refractivity contribution in [3.8, 4) is 0 Å². The quantitative estimate of drug-likeness (QED) is 0.448. The fourth-order valence-corrected chi connectivity index (χ4v) is 3.64. The second-order valence-electron chi connectivity index (χ2n) is 6.76. The van der Waals surface area contributed by atoms with Crippen molar-refractivity contribution in [2.75, 3.05) is 18.0 Å². The molecule has 2 aromatic carbocycles. The Morgan fingerprint density at radius 1 is 0.931 bits per heavy atom. The van der Waals surface area contributed by atoms with Gasteiger partial charge in [-0.15, -0.1) is 0 Å². The molecule has 9 heteroatoms. The maximum atomic E-state index is 14.3. The van der Waals surface area contributed by atoms with Crippen molar-refractivity contribution < 1.29 is 23.3 Å². The number of hydrogen-bond donors (Lipinski definition) is 0. The van der Waals surface area contributed by atoms with E-state index >= 15 is 0 Å². The molecule has 2 heterocycles. The van der Waals surface area contributed by atoms with Crippen LogP contribution in [0.2, 0.25) is 0 Å². The van der Waals surface area contributed by atoms with E-state index in [2.05, 4.69) is 0 Å². The third kappa shape index (κ3) is 3.14. The van der Waals surface area contributed by atoms with Gasteiger partial charge in [-0.1, -0.05) is 0 Å². The van der Waals surface area contributed by atoms with E-state index < -0.39 is 34.1 Å². The summed E-state index contributed by atoms with van der Waals surface area (Å²) in [5.41, 5.74) is -0.203. The van der Waals surface area contributed by atoms with Gasteiger partial charge in [-0.25, -0.2) is 13.7 Å². The summed E-state index contributed by atoms with van der Waals surface area (Å²) >= 11 is 0. The molecule has 0 spiro atoms. The van der Waals surface area contributed by atoms with Crippen LogP contribution in [0.15, 0.2) is 48.2 Å². The van der Waals surface area contributed by atoms with Gasteiger partial charge < -0.3 is 4.90 Å². The Bertz CT molecular complexity index is 1060. The van der Waals surface area contributed by atoms with Crippen molar-refractivity contribution in [3.63, 3.8) is 0 Å². The Morgan fingerprint density at radius 2 is 1.59 bits per heavy atom. The van der Waals surface area contributed by atoms with Crippen LogP contribution in [0.4, 0.5) is 20.2 Å². The van der Waals surface area contributed by atoms with E-state index in [4.69, 9.17) is 0 Å². The predicted octanol–water partition coefficient (Wildman–Crippen LogP) is 3.25. The lowest BCUT2D eigenvalue weighted by Gasteiger charge is -2.20. The van der Waals surface area contributed by atoms with Gasteiger partial charge >= 0.3 is 0 Å². The standard InChI is InChI=1S/C20H15F2N3O4/c21-13-5-8-15(22)16(11-13)24-19(26)17(12-3-6-14(7-4-12)25(28)29)18(20(24)27)23-9-1-2-10-23/h3-8,11H,1-2,9-10H2. The zero-order chi connectivity index (χ0) is 20.7. The smallest absolute Gasteiger partial charge is 0.282 e. The first kappa shape index (κ1) is 18.7. The van der Waals surface area contributed by atoms with Crippen LogP contribution in [-0.4, -0.2) is 34.7 Å². The minimum atomic E-state index is -0.904. The van der Waals surface area contributed by atoms with E-state index in [0.717, 1.165) is 31.0 Å². The molecule has 1 saturated heterocycles. The van der Waals surface area contributed by atoms with Gasteiger partial charge in [0.15, 0.2) is 0 Å². The van der Waals surface area contributed by atoms with E-state index in [0.29, 0.717) is 23.6 Å². The molecular formula is C20H15F2N3O4. The summed E-state index contributed by atoms with van der Waals surface area (Å²) in [6.45, 7) is 1.09. The zero-order valence-electron chi connectivity index (χ0n) is 15.1. The minimum absolute atomic E-state index is 0.0236. The van der Waals surface area contributed by atoms with E-state index in [9.17, 15) is 28.5 Å². The normalized spacial score (nSPS) is 16.9. The summed E-state index contributed by atoms with van der Waals surface area (Å²) < 4.78 is 28.0. The third-order valence-corrected chi connectivity index (χ3v) is 5.00. The van der Waals surface area contributed by atoms with Crippen LogP contribution >= 0.6 is 0 Å². The number of amides is 2. The molecule has 0 aliphatic carbocycles. The van der Waals surface area contributed by atoms with Crippen molar-refractivity contribution in [2.24, 2.45) is 0 Å². The van der Waals surface area contributed by atoms with Crippen LogP contribution in [0.3, 0.4) is 0 Å². The minimum Gasteiger partial charge on any atom is -0.366 e. The number of imide groups is 1. The van der Waals surface area contributed by atoms with Crippen LogP contribution in [0.25, 0.3) is 5.57 Å². The first-order valence-electron chi connectivity index (χ1n) is 8.96. The van der Waals surface area contributed by atoms with Crippen LogP contribution in [0, 0.1) is 21.7 Å². The lowest BCUT2D eigenvalue weighted by molar-refractivity contribution is -0.384. The van der Waals surface area contributed by atoms with Crippen molar-refractivity contribution in [1.82, 2.24) is 4.90 Å². The largest absolute Gasteiger partial charge is 0.366 e. The number of likely N-dealkylation sites (tertiary alicyclic amines) is 1. The number of carbonyl (C=O) groups excluding carboxylic acids is 2. The Morgan fingerprint density at radius 3 is 2.21 bits per heavy atom. The topological polar surface area (TPSA) is 83.8 Å². The van der Waals surface area contributed by atoms with Gasteiger partial charge in [0.25, 0.3) is 17.5 Å². The molecule has 0 unspecified atom stereocenters. The highest BCUT2D eigenvalue weighted by atomic mass is 19.1. The molecule has 2 aliphatic rings. The number of nitro benzene ring substituents is 1. The van der Waals surface area contributed by atoms with Gasteiger partial charge in [0.1, 0.15) is 17.3 Å². The van der Waals surface area contributed by atoms with Gasteiger partial charge in [0, 0.05) is 31.3 Å². The highest BCUT2D eigenvalue weighted by Crippen LogP contribution is 2.37. The molecule has 148 valence electrons. The molecule has 4 rings (SSSR count). The first-order valence-corrected chi connectivity index (χ1v) is 8.96. The van der Waals surface area contributed by atoms with Crippen molar-refractivity contribution in [1.29, 1.82) is 0 Å². The van der Waals surface area contributed by atoms with E-state index in [1.165, 1.54) is 24.3 Å². The van der Waals surface area contributed by atoms with Crippen molar-refractivity contribution in [3.05, 3.63) is 75.5 Å². The van der Waals surface area contributed by atoms with Crippen LogP contribution in [0.5, 0.6) is 0 Å². The summed E-state index contributed by atoms with van der Waals surface area (Å²) in [6, 6.07) is 7.76. The molecule has 0 saturated carbocycles. The van der Waals surface area contributed by atoms with E-state index in [1.54, 1.807) is 4.90 Å². The van der Waals surface area contributed by atoms with Crippen LogP contribution in [-0.2, 0) is 9.59 Å². The number of carbonyl (C=O) groups is 2. The Labute approximate surface area is 164 Å². The maximum absolute atomic E-state index is 14.3. The van der Waals surface area contributed by atoms with Gasteiger partial charge in [0.2, 0.25) is 0 Å². The number of anilines is 1. The summed E-state index contributed by atoms with van der Waals surface area (Å²) in [5, 5.41) is 10.9. The second-order valence-corrected chi connectivity index (χ2v) is 6.76. The molecular weight excluding hydrogens is 384 g/mol. The third-order valence-electron chi connectivity index (χ3n) is 5.00. The Balaban J connectivity index is 1.84. The first-order chi connectivity index (χ1) is 13.9. The average molecular weight is 399 g/mol. The number of benzene rings is 2. The number of nitrogens with zero attached hydrogens (tertiary/aromatic N) is 3. The molecule has 1 fully saturated rings. The van der Waals surface area contributed by atoms with E-state index in [-0.39, 0.29) is 17.0 Å². The highest BCUT2D eigenvalue weighted by Gasteiger charge is 2.44. The zero-order valence-corrected chi connectivity index (χ0v) is 15.1. The van der Waals surface area contributed by atoms with Gasteiger partial charge in [-0.2, -0.15) is 0 Å². The summed E-state index contributed by atoms with van der Waals surface area (Å²) in [4.78, 5) is 39.0. The maximum Gasteiger partial charge on any atom is 0.282 e. The van der Waals surface area contributed by atoms with E-state index in [1.807, 2.05) is 0 Å². The molecule has 2 amide bonds. The molecule has 0 bridgehead atoms. The molecule has 0 N–H and O–H groups in total. The van der Waals surface area contributed by atoms with Crippen molar-refractivity contribution >= 4 is 28.8 Å². The average Bonchev–Trinajstić information content (AvgIpc) is 3.30. The molecule has 0 atom stereocenters. The predicted molar refractivity (Wildman–Crippen MR) is 99.7 cm³/mol. The lowest BCUT2D eigenvalue weighted by Crippen LogP contribution is -2.35. The summed E-state index contributed by atoms with van der Waals surface area (Å²) in [7, 11) is 0. The van der Waals surface area contributed by atoms with Gasteiger partial charge in [-0.05, 0) is 42.7 Å². The number of halogens is 2. The summed E-state index contributed by atoms with van der Waals surface area (Å²) in [5.74, 6) is -3.22. The monoisotopic (exact) mass is 399 g/mol. The summed E-state index contributed by atoms with van der Waals surface area (Å²) in [6.07, 6.45) is 1.65. The number of non-ortho nitro benzene ring substituents is 1. The fraction of sp³-hybridized carbons (Fsp3) is 0.200. The second kappa shape index (κ2) is 7.08. The molecule has 29 heavy (non-hydrogen) atoms. The number of hydrogen-bond acceptors (Lipinski definition) is 5. The molecule has 0 radical (unpaired) electrons. The van der Waals surface area contributed by atoms with Gasteiger partial charge in [-0.3, -0.25) is 19.7 Å². The Hall–Kier alpha value is -3.62. The molecule has 7 nitrogen and oxygen atoms in total. The molecule has 2 aliphatic heterocycles. The fourth-order valence-electron chi connectivity index (χ4n) is 3.64. The number of rotatable bonds is 4. The Kier molecular flexibility index (Phi) is 4.57. The van der Waals surface area contributed by atoms with Crippen LogP contribution < -0.4 is 4.90 Å². The lowest BCUT2D eigenvalue weighted by atomic mass is 10.0. The number of nitro groups is 1. The van der Waals surface area contributed by atoms with Gasteiger partial charge in [0.05, 0.1) is 16.2 Å².